The number of carbonyl (C=O) groups is 2. The Labute approximate surface area is 132 Å². The van der Waals surface area contributed by atoms with E-state index in [9.17, 15) is 24.8 Å². The van der Waals surface area contributed by atoms with Gasteiger partial charge in [0.25, 0.3) is 11.6 Å². The molecule has 8 nitrogen and oxygen atoms in total. The van der Waals surface area contributed by atoms with Crippen LogP contribution in [0.5, 0.6) is 0 Å². The molecule has 1 aliphatic heterocycles. The summed E-state index contributed by atoms with van der Waals surface area (Å²) in [6, 6.07) is 3.72. The Balaban J connectivity index is 1.89. The highest BCUT2D eigenvalue weighted by atomic mass is 16.6. The molecule has 23 heavy (non-hydrogen) atoms. The number of likely N-dealkylation sites (tertiary alicyclic amines) is 1. The standard InChI is InChI=1S/C15H17N3O5/c16-12-4-3-10(18(22)23)6-11(12)13(19)17-7-9-2-1-5-15(9,8-17)14(20)21/h3-4,6,9H,1-2,5,7-8,16H2,(H,20,21)/t9-,15+/m0/s1. The second kappa shape index (κ2) is 5.22. The number of nitrogen functional groups attached to an aromatic ring is 1. The molecular formula is C15H17N3O5. The zero-order chi connectivity index (χ0) is 16.8. The molecule has 0 aromatic heterocycles. The number of rotatable bonds is 3. The highest BCUT2D eigenvalue weighted by Crippen LogP contribution is 2.49. The molecule has 2 atom stereocenters. The molecule has 8 heteroatoms. The van der Waals surface area contributed by atoms with Gasteiger partial charge in [-0.2, -0.15) is 0 Å². The summed E-state index contributed by atoms with van der Waals surface area (Å²) < 4.78 is 0. The number of carboxylic acid groups (broad SMARTS) is 1. The van der Waals surface area contributed by atoms with Gasteiger partial charge in [-0.1, -0.05) is 6.42 Å². The van der Waals surface area contributed by atoms with E-state index in [0.29, 0.717) is 13.0 Å². The van der Waals surface area contributed by atoms with Crippen molar-refractivity contribution in [1.29, 1.82) is 0 Å². The number of hydrogen-bond acceptors (Lipinski definition) is 5. The summed E-state index contributed by atoms with van der Waals surface area (Å²) in [6.45, 7) is 0.487. The molecule has 3 N–H and O–H groups in total. The molecule has 3 rings (SSSR count). The number of fused-ring (bicyclic) bond motifs is 1. The average molecular weight is 319 g/mol. The Morgan fingerprint density at radius 3 is 2.78 bits per heavy atom. The minimum Gasteiger partial charge on any atom is -0.481 e. The maximum absolute atomic E-state index is 12.7. The first kappa shape index (κ1) is 15.3. The van der Waals surface area contributed by atoms with Crippen molar-refractivity contribution >= 4 is 23.3 Å². The number of nitrogens with zero attached hydrogens (tertiary/aromatic N) is 2. The van der Waals surface area contributed by atoms with Gasteiger partial charge >= 0.3 is 5.97 Å². The van der Waals surface area contributed by atoms with Gasteiger partial charge in [-0.3, -0.25) is 19.7 Å². The van der Waals surface area contributed by atoms with Crippen LogP contribution < -0.4 is 5.73 Å². The van der Waals surface area contributed by atoms with E-state index in [1.807, 2.05) is 0 Å². The largest absolute Gasteiger partial charge is 0.481 e. The number of carboxylic acids is 1. The molecule has 0 spiro atoms. The molecule has 122 valence electrons. The van der Waals surface area contributed by atoms with Gasteiger partial charge in [0.1, 0.15) is 0 Å². The molecule has 1 saturated heterocycles. The molecule has 1 aliphatic carbocycles. The van der Waals surface area contributed by atoms with Crippen LogP contribution in [0.1, 0.15) is 29.6 Å². The number of nitrogens with two attached hydrogens (primary N) is 1. The number of amides is 1. The van der Waals surface area contributed by atoms with Gasteiger partial charge in [-0.05, 0) is 24.8 Å². The highest BCUT2D eigenvalue weighted by molar-refractivity contribution is 6.00. The Bertz CT molecular complexity index is 704. The first-order valence-corrected chi connectivity index (χ1v) is 7.42. The van der Waals surface area contributed by atoms with E-state index in [0.717, 1.165) is 18.9 Å². The monoisotopic (exact) mass is 319 g/mol. The SMILES string of the molecule is Nc1ccc([N+](=O)[O-])cc1C(=O)N1C[C@@H]2CCC[C@@]2(C(=O)O)C1. The van der Waals surface area contributed by atoms with Gasteiger partial charge in [0.2, 0.25) is 0 Å². The first-order valence-electron chi connectivity index (χ1n) is 7.42. The van der Waals surface area contributed by atoms with E-state index >= 15 is 0 Å². The predicted molar refractivity (Wildman–Crippen MR) is 80.8 cm³/mol. The molecule has 1 amide bonds. The lowest BCUT2D eigenvalue weighted by Crippen LogP contribution is -2.37. The molecule has 1 aromatic rings. The van der Waals surface area contributed by atoms with Crippen LogP contribution >= 0.6 is 0 Å². The van der Waals surface area contributed by atoms with Crippen LogP contribution in [0.4, 0.5) is 11.4 Å². The van der Waals surface area contributed by atoms with Crippen LogP contribution in [0.3, 0.4) is 0 Å². The van der Waals surface area contributed by atoms with E-state index < -0.39 is 22.2 Å². The van der Waals surface area contributed by atoms with Crippen LogP contribution in [0.2, 0.25) is 0 Å². The van der Waals surface area contributed by atoms with Crippen molar-refractivity contribution < 1.29 is 19.6 Å². The summed E-state index contributed by atoms with van der Waals surface area (Å²) in [5, 5.41) is 20.4. The van der Waals surface area contributed by atoms with Gasteiger partial charge in [-0.15, -0.1) is 0 Å². The molecule has 2 fully saturated rings. The van der Waals surface area contributed by atoms with Crippen molar-refractivity contribution in [2.45, 2.75) is 19.3 Å². The van der Waals surface area contributed by atoms with E-state index in [2.05, 4.69) is 0 Å². The number of nitro groups is 1. The summed E-state index contributed by atoms with van der Waals surface area (Å²) in [5.41, 5.74) is 4.89. The van der Waals surface area contributed by atoms with Crippen LogP contribution in [-0.4, -0.2) is 39.9 Å². The number of hydrogen-bond donors (Lipinski definition) is 2. The molecule has 1 heterocycles. The van der Waals surface area contributed by atoms with Gasteiger partial charge < -0.3 is 15.7 Å². The summed E-state index contributed by atoms with van der Waals surface area (Å²) in [5.74, 6) is -1.38. The lowest BCUT2D eigenvalue weighted by Gasteiger charge is -2.23. The van der Waals surface area contributed by atoms with Crippen molar-refractivity contribution in [3.05, 3.63) is 33.9 Å². The normalized spacial score (nSPS) is 26.1. The number of benzene rings is 1. The number of nitro benzene ring substituents is 1. The number of anilines is 1. The topological polar surface area (TPSA) is 127 Å². The van der Waals surface area contributed by atoms with Crippen molar-refractivity contribution in [3.8, 4) is 0 Å². The lowest BCUT2D eigenvalue weighted by molar-refractivity contribution is -0.384. The third-order valence-electron chi connectivity index (χ3n) is 5.06. The molecule has 1 saturated carbocycles. The lowest BCUT2D eigenvalue weighted by atomic mass is 9.81. The van der Waals surface area contributed by atoms with Crippen molar-refractivity contribution in [1.82, 2.24) is 4.90 Å². The van der Waals surface area contributed by atoms with Crippen molar-refractivity contribution in [3.63, 3.8) is 0 Å². The van der Waals surface area contributed by atoms with E-state index in [1.165, 1.54) is 17.0 Å². The van der Waals surface area contributed by atoms with Crippen LogP contribution in [-0.2, 0) is 4.79 Å². The maximum Gasteiger partial charge on any atom is 0.311 e. The Kier molecular flexibility index (Phi) is 3.46. The molecule has 0 bridgehead atoms. The summed E-state index contributed by atoms with van der Waals surface area (Å²) in [6.07, 6.45) is 2.18. The quantitative estimate of drug-likeness (QED) is 0.494. The number of aliphatic carboxylic acids is 1. The summed E-state index contributed by atoms with van der Waals surface area (Å²) in [7, 11) is 0. The average Bonchev–Trinajstić information content (AvgIpc) is 3.04. The Morgan fingerprint density at radius 1 is 1.43 bits per heavy atom. The smallest absolute Gasteiger partial charge is 0.311 e. The minimum atomic E-state index is -0.884. The molecule has 2 aliphatic rings. The van der Waals surface area contributed by atoms with Gasteiger partial charge in [-0.25, -0.2) is 0 Å². The van der Waals surface area contributed by atoms with Gasteiger partial charge in [0, 0.05) is 30.9 Å². The molecule has 1 aromatic carbocycles. The fourth-order valence-electron chi connectivity index (χ4n) is 3.81. The number of carbonyl (C=O) groups excluding carboxylic acids is 1. The summed E-state index contributed by atoms with van der Waals surface area (Å²) >= 11 is 0. The third-order valence-corrected chi connectivity index (χ3v) is 5.06. The number of non-ortho nitro benzene ring substituents is 1. The predicted octanol–water partition coefficient (Wildman–Crippen LogP) is 1.50. The van der Waals surface area contributed by atoms with E-state index in [1.54, 1.807) is 0 Å². The zero-order valence-corrected chi connectivity index (χ0v) is 12.4. The molecular weight excluding hydrogens is 302 g/mol. The van der Waals surface area contributed by atoms with Crippen LogP contribution in [0.25, 0.3) is 0 Å². The molecule has 0 unspecified atom stereocenters. The second-order valence-corrected chi connectivity index (χ2v) is 6.26. The Morgan fingerprint density at radius 2 is 2.17 bits per heavy atom. The second-order valence-electron chi connectivity index (χ2n) is 6.26. The van der Waals surface area contributed by atoms with E-state index in [4.69, 9.17) is 5.73 Å². The maximum atomic E-state index is 12.7. The fraction of sp³-hybridized carbons (Fsp3) is 0.467. The summed E-state index contributed by atoms with van der Waals surface area (Å²) in [4.78, 5) is 36.1. The third kappa shape index (κ3) is 2.30. The fourth-order valence-corrected chi connectivity index (χ4v) is 3.81. The van der Waals surface area contributed by atoms with Crippen LogP contribution in [0.15, 0.2) is 18.2 Å². The molecule has 0 radical (unpaired) electrons. The van der Waals surface area contributed by atoms with Gasteiger partial charge in [0.05, 0.1) is 15.9 Å². The van der Waals surface area contributed by atoms with E-state index in [-0.39, 0.29) is 29.4 Å². The van der Waals surface area contributed by atoms with Crippen molar-refractivity contribution in [2.75, 3.05) is 18.8 Å². The zero-order valence-electron chi connectivity index (χ0n) is 12.4. The highest BCUT2D eigenvalue weighted by Gasteiger charge is 2.55. The Hall–Kier alpha value is -2.64. The van der Waals surface area contributed by atoms with Gasteiger partial charge in [0.15, 0.2) is 0 Å². The van der Waals surface area contributed by atoms with Crippen LogP contribution in [0, 0.1) is 21.4 Å². The minimum absolute atomic E-state index is 0.0553. The first-order chi connectivity index (χ1) is 10.8. The van der Waals surface area contributed by atoms with Crippen molar-refractivity contribution in [2.24, 2.45) is 11.3 Å².